The summed E-state index contributed by atoms with van der Waals surface area (Å²) in [6.45, 7) is 0.191. The number of ether oxygens (including phenoxy) is 2. The van der Waals surface area contributed by atoms with Crippen LogP contribution in [0.4, 0.5) is 16.2 Å². The van der Waals surface area contributed by atoms with Crippen molar-refractivity contribution < 1.29 is 18.8 Å². The van der Waals surface area contributed by atoms with Gasteiger partial charge >= 0.3 is 6.03 Å². The lowest BCUT2D eigenvalue weighted by Crippen LogP contribution is -2.19. The van der Waals surface area contributed by atoms with Gasteiger partial charge in [-0.25, -0.2) is 4.79 Å². The van der Waals surface area contributed by atoms with Crippen LogP contribution >= 0.6 is 11.3 Å². The number of amides is 2. The van der Waals surface area contributed by atoms with Gasteiger partial charge in [0.2, 0.25) is 6.79 Å². The molecular formula is C17H14N4O4S. The number of benzene rings is 1. The monoisotopic (exact) mass is 370 g/mol. The summed E-state index contributed by atoms with van der Waals surface area (Å²) in [5.74, 6) is 2.86. The Morgan fingerprint density at radius 3 is 2.92 bits per heavy atom. The molecule has 0 atom stereocenters. The number of nitrogens with one attached hydrogen (secondary N) is 2. The lowest BCUT2D eigenvalue weighted by atomic mass is 10.3. The first-order chi connectivity index (χ1) is 12.8. The van der Waals surface area contributed by atoms with Gasteiger partial charge in [-0.3, -0.25) is 0 Å². The van der Waals surface area contributed by atoms with Gasteiger partial charge in [0.25, 0.3) is 5.89 Å². The lowest BCUT2D eigenvalue weighted by molar-refractivity contribution is 0.174. The molecule has 0 bridgehead atoms. The summed E-state index contributed by atoms with van der Waals surface area (Å²) >= 11 is 1.44. The van der Waals surface area contributed by atoms with Gasteiger partial charge in [-0.05, 0) is 36.4 Å². The Morgan fingerprint density at radius 2 is 2.04 bits per heavy atom. The van der Waals surface area contributed by atoms with Gasteiger partial charge in [0, 0.05) is 17.7 Å². The quantitative estimate of drug-likeness (QED) is 0.719. The van der Waals surface area contributed by atoms with Gasteiger partial charge < -0.3 is 24.6 Å². The summed E-state index contributed by atoms with van der Waals surface area (Å²) < 4.78 is 15.9. The zero-order chi connectivity index (χ0) is 17.5. The van der Waals surface area contributed by atoms with Crippen molar-refractivity contribution in [1.29, 1.82) is 0 Å². The van der Waals surface area contributed by atoms with Crippen LogP contribution in [-0.2, 0) is 0 Å². The molecule has 1 saturated carbocycles. The van der Waals surface area contributed by atoms with E-state index in [1.54, 1.807) is 24.3 Å². The second-order valence-electron chi connectivity index (χ2n) is 6.04. The Bertz CT molecular complexity index is 979. The maximum absolute atomic E-state index is 12.3. The van der Waals surface area contributed by atoms with E-state index in [1.165, 1.54) is 11.3 Å². The molecule has 0 saturated heterocycles. The first kappa shape index (κ1) is 15.2. The minimum atomic E-state index is -0.370. The number of nitrogens with zero attached hydrogens (tertiary/aromatic N) is 2. The fraction of sp³-hybridized carbons (Fsp3) is 0.235. The van der Waals surface area contributed by atoms with Gasteiger partial charge in [-0.1, -0.05) is 5.16 Å². The largest absolute Gasteiger partial charge is 0.454 e. The normalized spacial score (nSPS) is 15.1. The van der Waals surface area contributed by atoms with E-state index >= 15 is 0 Å². The van der Waals surface area contributed by atoms with Crippen LogP contribution in [-0.4, -0.2) is 23.0 Å². The number of carbonyl (C=O) groups is 1. The van der Waals surface area contributed by atoms with E-state index in [1.807, 2.05) is 5.38 Å². The van der Waals surface area contributed by atoms with E-state index in [2.05, 4.69) is 20.8 Å². The first-order valence-electron chi connectivity index (χ1n) is 8.15. The Labute approximate surface area is 152 Å². The molecule has 2 N–H and O–H groups in total. The molecule has 1 aliphatic heterocycles. The summed E-state index contributed by atoms with van der Waals surface area (Å²) in [7, 11) is 0. The Kier molecular flexibility index (Phi) is 3.52. The molecule has 1 aromatic carbocycles. The van der Waals surface area contributed by atoms with Crippen molar-refractivity contribution in [1.82, 2.24) is 10.1 Å². The van der Waals surface area contributed by atoms with Crippen molar-refractivity contribution in [3.63, 3.8) is 0 Å². The fourth-order valence-corrected chi connectivity index (χ4v) is 3.44. The van der Waals surface area contributed by atoms with E-state index < -0.39 is 0 Å². The highest BCUT2D eigenvalue weighted by Crippen LogP contribution is 2.40. The Balaban J connectivity index is 1.30. The molecule has 8 nitrogen and oxygen atoms in total. The van der Waals surface area contributed by atoms with Crippen molar-refractivity contribution >= 4 is 28.7 Å². The summed E-state index contributed by atoms with van der Waals surface area (Å²) in [4.78, 5) is 17.5. The number of carbonyl (C=O) groups excluding carboxylic acids is 1. The van der Waals surface area contributed by atoms with E-state index in [-0.39, 0.29) is 12.8 Å². The maximum Gasteiger partial charge on any atom is 0.323 e. The third kappa shape index (κ3) is 2.86. The van der Waals surface area contributed by atoms with E-state index in [9.17, 15) is 4.79 Å². The van der Waals surface area contributed by atoms with Crippen LogP contribution < -0.4 is 20.1 Å². The molecule has 132 valence electrons. The molecule has 26 heavy (non-hydrogen) atoms. The van der Waals surface area contributed by atoms with E-state index in [0.29, 0.717) is 34.7 Å². The lowest BCUT2D eigenvalue weighted by Gasteiger charge is -2.08. The van der Waals surface area contributed by atoms with Crippen LogP contribution in [0.25, 0.3) is 10.8 Å². The van der Waals surface area contributed by atoms with Gasteiger partial charge in [0.1, 0.15) is 4.88 Å². The number of anilines is 2. The average Bonchev–Trinajstić information content (AvgIpc) is 3.02. The van der Waals surface area contributed by atoms with Crippen LogP contribution in [0.3, 0.4) is 0 Å². The average molecular weight is 370 g/mol. The molecule has 1 aliphatic carbocycles. The third-order valence-electron chi connectivity index (χ3n) is 4.12. The standard InChI is InChI=1S/C17H14N4O4S/c22-17(18-10-3-4-12-13(7-10)24-8-23-12)19-11-5-6-26-14(11)16-20-15(21-25-16)9-1-2-9/h3-7,9H,1-2,8H2,(H2,18,19,22). The molecule has 5 rings (SSSR count). The number of urea groups is 1. The van der Waals surface area contributed by atoms with Crippen molar-refractivity contribution in [2.24, 2.45) is 0 Å². The minimum Gasteiger partial charge on any atom is -0.454 e. The van der Waals surface area contributed by atoms with Gasteiger partial charge in [0.15, 0.2) is 17.3 Å². The molecule has 2 aromatic heterocycles. The number of rotatable bonds is 4. The van der Waals surface area contributed by atoms with E-state index in [0.717, 1.165) is 23.5 Å². The van der Waals surface area contributed by atoms with Crippen LogP contribution in [0.15, 0.2) is 34.2 Å². The molecule has 1 fully saturated rings. The molecule has 9 heteroatoms. The van der Waals surface area contributed by atoms with Crippen LogP contribution in [0.2, 0.25) is 0 Å². The summed E-state index contributed by atoms with van der Waals surface area (Å²) in [6.07, 6.45) is 2.21. The fourth-order valence-electron chi connectivity index (χ4n) is 2.67. The number of hydrogen-bond acceptors (Lipinski definition) is 7. The Morgan fingerprint density at radius 1 is 1.15 bits per heavy atom. The second kappa shape index (κ2) is 6.03. The van der Waals surface area contributed by atoms with Gasteiger partial charge in [-0.15, -0.1) is 11.3 Å². The van der Waals surface area contributed by atoms with E-state index in [4.69, 9.17) is 14.0 Å². The number of aromatic nitrogens is 2. The SMILES string of the molecule is O=C(Nc1ccc2c(c1)OCO2)Nc1ccsc1-c1nc(C2CC2)no1. The zero-order valence-corrected chi connectivity index (χ0v) is 14.3. The van der Waals surface area contributed by atoms with Crippen LogP contribution in [0.1, 0.15) is 24.6 Å². The third-order valence-corrected chi connectivity index (χ3v) is 5.02. The summed E-state index contributed by atoms with van der Waals surface area (Å²) in [5, 5.41) is 11.5. The second-order valence-corrected chi connectivity index (χ2v) is 6.96. The van der Waals surface area contributed by atoms with Crippen LogP contribution in [0.5, 0.6) is 11.5 Å². The summed E-state index contributed by atoms with van der Waals surface area (Å²) in [5.41, 5.74) is 1.23. The number of fused-ring (bicyclic) bond motifs is 1. The van der Waals surface area contributed by atoms with Gasteiger partial charge in [0.05, 0.1) is 5.69 Å². The van der Waals surface area contributed by atoms with Crippen molar-refractivity contribution in [3.8, 4) is 22.3 Å². The first-order valence-corrected chi connectivity index (χ1v) is 9.03. The number of hydrogen-bond donors (Lipinski definition) is 2. The molecule has 0 radical (unpaired) electrons. The highest BCUT2D eigenvalue weighted by Gasteiger charge is 2.29. The van der Waals surface area contributed by atoms with Crippen molar-refractivity contribution in [2.75, 3.05) is 17.4 Å². The molecule has 2 amide bonds. The molecule has 3 heterocycles. The predicted octanol–water partition coefficient (Wildman–Crippen LogP) is 4.05. The molecule has 0 unspecified atom stereocenters. The maximum atomic E-state index is 12.3. The highest BCUT2D eigenvalue weighted by atomic mass is 32.1. The molecular weight excluding hydrogens is 356 g/mol. The van der Waals surface area contributed by atoms with Crippen LogP contribution in [0, 0.1) is 0 Å². The topological polar surface area (TPSA) is 98.5 Å². The molecule has 2 aliphatic rings. The van der Waals surface area contributed by atoms with Gasteiger partial charge in [-0.2, -0.15) is 4.98 Å². The Hall–Kier alpha value is -3.07. The summed E-state index contributed by atoms with van der Waals surface area (Å²) in [6, 6.07) is 6.66. The highest BCUT2D eigenvalue weighted by molar-refractivity contribution is 7.14. The van der Waals surface area contributed by atoms with Crippen molar-refractivity contribution in [3.05, 3.63) is 35.5 Å². The minimum absolute atomic E-state index is 0.191. The van der Waals surface area contributed by atoms with Crippen molar-refractivity contribution in [2.45, 2.75) is 18.8 Å². The number of thiophene rings is 1. The molecule has 0 spiro atoms. The predicted molar refractivity (Wildman–Crippen MR) is 94.8 cm³/mol. The molecule has 3 aromatic rings. The zero-order valence-electron chi connectivity index (χ0n) is 13.5. The smallest absolute Gasteiger partial charge is 0.323 e.